The molecular formula is C29H56. The third-order valence-corrected chi connectivity index (χ3v) is 6.35. The first-order valence-corrected chi connectivity index (χ1v) is 13.8. The van der Waals surface area contributed by atoms with Gasteiger partial charge < -0.3 is 0 Å². The van der Waals surface area contributed by atoms with Crippen LogP contribution in [0.2, 0.25) is 0 Å². The van der Waals surface area contributed by atoms with E-state index < -0.39 is 0 Å². The van der Waals surface area contributed by atoms with Crippen LogP contribution in [0.25, 0.3) is 0 Å². The van der Waals surface area contributed by atoms with Crippen LogP contribution < -0.4 is 0 Å². The van der Waals surface area contributed by atoms with Crippen molar-refractivity contribution in [2.24, 2.45) is 0 Å². The summed E-state index contributed by atoms with van der Waals surface area (Å²) in [4.78, 5) is 0. The monoisotopic (exact) mass is 404 g/mol. The fourth-order valence-corrected chi connectivity index (χ4v) is 4.31. The Bertz CT molecular complexity index is 323. The normalized spacial score (nSPS) is 10.9. The molecule has 0 aromatic heterocycles. The first-order chi connectivity index (χ1) is 14.4. The van der Waals surface area contributed by atoms with Crippen LogP contribution in [-0.4, -0.2) is 0 Å². The van der Waals surface area contributed by atoms with Crippen molar-refractivity contribution in [1.29, 1.82) is 0 Å². The van der Waals surface area contributed by atoms with Crippen LogP contribution in [0, 0.1) is 0 Å². The number of hydrogen-bond donors (Lipinski definition) is 0. The van der Waals surface area contributed by atoms with E-state index in [1.165, 1.54) is 161 Å². The van der Waals surface area contributed by atoms with Gasteiger partial charge in [0.1, 0.15) is 0 Å². The van der Waals surface area contributed by atoms with Gasteiger partial charge in [-0.2, -0.15) is 0 Å². The summed E-state index contributed by atoms with van der Waals surface area (Å²) in [5.41, 5.74) is 2.86. The molecule has 0 N–H and O–H groups in total. The summed E-state index contributed by atoms with van der Waals surface area (Å²) >= 11 is 0. The Kier molecular flexibility index (Phi) is 27.1. The van der Waals surface area contributed by atoms with Crippen molar-refractivity contribution in [3.63, 3.8) is 0 Å². The van der Waals surface area contributed by atoms with Gasteiger partial charge in [-0.3, -0.25) is 0 Å². The van der Waals surface area contributed by atoms with E-state index in [2.05, 4.69) is 25.3 Å². The lowest BCUT2D eigenvalue weighted by Crippen LogP contribution is -1.84. The minimum Gasteiger partial charge on any atom is -0.133 e. The molecule has 0 aliphatic heterocycles. The summed E-state index contributed by atoms with van der Waals surface area (Å²) in [6.45, 7) is 5.91. The largest absolute Gasteiger partial charge is 0.133 e. The maximum absolute atomic E-state index is 3.61. The third-order valence-electron chi connectivity index (χ3n) is 6.35. The van der Waals surface area contributed by atoms with Gasteiger partial charge in [-0.1, -0.05) is 161 Å². The molecule has 172 valence electrons. The lowest BCUT2D eigenvalue weighted by atomic mass is 10.0. The van der Waals surface area contributed by atoms with E-state index >= 15 is 0 Å². The molecule has 0 saturated carbocycles. The van der Waals surface area contributed by atoms with Gasteiger partial charge in [0.2, 0.25) is 0 Å². The molecule has 0 aliphatic rings. The van der Waals surface area contributed by atoms with E-state index in [1.807, 2.05) is 0 Å². The zero-order valence-corrected chi connectivity index (χ0v) is 20.5. The van der Waals surface area contributed by atoms with Crippen LogP contribution in [0.4, 0.5) is 0 Å². The molecule has 0 heteroatoms. The zero-order valence-electron chi connectivity index (χ0n) is 20.5. The molecule has 0 amide bonds. The molecular weight excluding hydrogens is 348 g/mol. The quantitative estimate of drug-likeness (QED) is 0.105. The summed E-state index contributed by atoms with van der Waals surface area (Å²) in [6.07, 6.45) is 38.2. The second-order valence-corrected chi connectivity index (χ2v) is 9.33. The van der Waals surface area contributed by atoms with Crippen molar-refractivity contribution in [3.05, 3.63) is 18.4 Å². The Hall–Kier alpha value is -0.480. The van der Waals surface area contributed by atoms with E-state index in [1.54, 1.807) is 0 Å². The third kappa shape index (κ3) is 27.5. The maximum atomic E-state index is 3.61. The van der Waals surface area contributed by atoms with E-state index in [4.69, 9.17) is 0 Å². The van der Waals surface area contributed by atoms with Crippen molar-refractivity contribution in [2.75, 3.05) is 0 Å². The summed E-state index contributed by atoms with van der Waals surface area (Å²) in [5.74, 6) is 0. The standard InChI is InChI=1S/C29H56/c1-3-5-7-9-11-13-15-17-19-21-23-25-27-29-28-26-24-22-20-18-16-14-12-10-8-6-4-2/h5H,1,4,6-29H2,2H3. The average Bonchev–Trinajstić information content (AvgIpc) is 2.74. The first kappa shape index (κ1) is 28.5. The Morgan fingerprint density at radius 2 is 0.655 bits per heavy atom. The van der Waals surface area contributed by atoms with Gasteiger partial charge >= 0.3 is 0 Å². The Labute approximate surface area is 186 Å². The molecule has 0 heterocycles. The van der Waals surface area contributed by atoms with Gasteiger partial charge in [0.15, 0.2) is 0 Å². The van der Waals surface area contributed by atoms with Crippen molar-refractivity contribution in [3.8, 4) is 0 Å². The van der Waals surface area contributed by atoms with E-state index in [0.717, 1.165) is 0 Å². The van der Waals surface area contributed by atoms with Crippen molar-refractivity contribution in [2.45, 2.75) is 167 Å². The number of allylic oxidation sites excluding steroid dienone is 1. The molecule has 0 bridgehead atoms. The van der Waals surface area contributed by atoms with Crippen LogP contribution >= 0.6 is 0 Å². The Morgan fingerprint density at radius 1 is 0.414 bits per heavy atom. The highest BCUT2D eigenvalue weighted by Crippen LogP contribution is 2.15. The van der Waals surface area contributed by atoms with Gasteiger partial charge in [-0.25, -0.2) is 0 Å². The van der Waals surface area contributed by atoms with Gasteiger partial charge in [-0.15, -0.1) is 5.73 Å². The second-order valence-electron chi connectivity index (χ2n) is 9.33. The summed E-state index contributed by atoms with van der Waals surface area (Å²) in [5, 5.41) is 0. The van der Waals surface area contributed by atoms with E-state index in [-0.39, 0.29) is 0 Å². The zero-order chi connectivity index (χ0) is 21.1. The molecule has 0 atom stereocenters. The first-order valence-electron chi connectivity index (χ1n) is 13.8. The van der Waals surface area contributed by atoms with Gasteiger partial charge in [0.05, 0.1) is 0 Å². The molecule has 0 aromatic rings. The second kappa shape index (κ2) is 27.5. The highest BCUT2D eigenvalue weighted by Gasteiger charge is 1.96. The van der Waals surface area contributed by atoms with Gasteiger partial charge in [0.25, 0.3) is 0 Å². The van der Waals surface area contributed by atoms with Crippen molar-refractivity contribution < 1.29 is 0 Å². The van der Waals surface area contributed by atoms with Crippen LogP contribution in [0.1, 0.15) is 167 Å². The fourth-order valence-electron chi connectivity index (χ4n) is 4.31. The van der Waals surface area contributed by atoms with Crippen LogP contribution in [0.15, 0.2) is 18.4 Å². The molecule has 0 unspecified atom stereocenters. The van der Waals surface area contributed by atoms with Crippen molar-refractivity contribution in [1.82, 2.24) is 0 Å². The lowest BCUT2D eigenvalue weighted by molar-refractivity contribution is 0.517. The number of rotatable bonds is 25. The number of unbranched alkanes of at least 4 members (excludes halogenated alkanes) is 24. The maximum Gasteiger partial charge on any atom is -0.0275 e. The lowest BCUT2D eigenvalue weighted by Gasteiger charge is -2.04. The Morgan fingerprint density at radius 3 is 0.897 bits per heavy atom. The number of hydrogen-bond acceptors (Lipinski definition) is 0. The SMILES string of the molecule is C=C=CCCCCCCCCCCCCCCCCCCCCCCCCCC. The van der Waals surface area contributed by atoms with Gasteiger partial charge in [-0.05, 0) is 18.9 Å². The van der Waals surface area contributed by atoms with Crippen LogP contribution in [0.3, 0.4) is 0 Å². The fraction of sp³-hybridized carbons (Fsp3) is 0.897. The summed E-state index contributed by atoms with van der Waals surface area (Å²) in [6, 6.07) is 0. The predicted octanol–water partition coefficient (Wildman–Crippen LogP) is 11.1. The molecule has 0 spiro atoms. The average molecular weight is 405 g/mol. The molecule has 0 saturated heterocycles. The summed E-state index contributed by atoms with van der Waals surface area (Å²) in [7, 11) is 0. The molecule has 29 heavy (non-hydrogen) atoms. The van der Waals surface area contributed by atoms with Crippen LogP contribution in [0.5, 0.6) is 0 Å². The molecule has 0 rings (SSSR count). The molecule has 0 fully saturated rings. The summed E-state index contributed by atoms with van der Waals surface area (Å²) < 4.78 is 0. The van der Waals surface area contributed by atoms with Crippen LogP contribution in [-0.2, 0) is 0 Å². The molecule has 0 radical (unpaired) electrons. The molecule has 0 aliphatic carbocycles. The molecule has 0 nitrogen and oxygen atoms in total. The molecule has 0 aromatic carbocycles. The topological polar surface area (TPSA) is 0 Å². The Balaban J connectivity index is 2.99. The highest BCUT2D eigenvalue weighted by atomic mass is 14.0. The van der Waals surface area contributed by atoms with Crippen molar-refractivity contribution >= 4 is 0 Å². The highest BCUT2D eigenvalue weighted by molar-refractivity contribution is 4.74. The minimum atomic E-state index is 1.17. The smallest absolute Gasteiger partial charge is 0.0275 e. The predicted molar refractivity (Wildman–Crippen MR) is 135 cm³/mol. The minimum absolute atomic E-state index is 1.17. The van der Waals surface area contributed by atoms with Gasteiger partial charge in [0, 0.05) is 0 Å². The van der Waals surface area contributed by atoms with E-state index in [9.17, 15) is 0 Å². The van der Waals surface area contributed by atoms with E-state index in [0.29, 0.717) is 0 Å².